The summed E-state index contributed by atoms with van der Waals surface area (Å²) in [6.45, 7) is 9.56. The maximum atomic E-state index is 11.4. The number of ether oxygens (including phenoxy) is 1. The lowest BCUT2D eigenvalue weighted by molar-refractivity contribution is -0.140. The molecule has 0 unspecified atom stereocenters. The van der Waals surface area contributed by atoms with E-state index in [9.17, 15) is 9.59 Å². The zero-order valence-electron chi connectivity index (χ0n) is 13.4. The van der Waals surface area contributed by atoms with Crippen molar-refractivity contribution in [1.82, 2.24) is 10.2 Å². The molecule has 0 heterocycles. The Morgan fingerprint density at radius 2 is 1.85 bits per heavy atom. The summed E-state index contributed by atoms with van der Waals surface area (Å²) in [5, 5.41) is 3.23. The van der Waals surface area contributed by atoms with Crippen LogP contribution in [0.1, 0.15) is 46.5 Å². The minimum Gasteiger partial charge on any atom is -0.469 e. The quantitative estimate of drug-likeness (QED) is 0.436. The smallest absolute Gasteiger partial charge is 0.306 e. The van der Waals surface area contributed by atoms with Gasteiger partial charge in [0.1, 0.15) is 5.78 Å². The lowest BCUT2D eigenvalue weighted by Gasteiger charge is -2.26. The van der Waals surface area contributed by atoms with E-state index in [2.05, 4.69) is 28.8 Å². The summed E-state index contributed by atoms with van der Waals surface area (Å²) in [7, 11) is 1.40. The highest BCUT2D eigenvalue weighted by molar-refractivity contribution is 5.78. The minimum absolute atomic E-state index is 0.181. The summed E-state index contributed by atoms with van der Waals surface area (Å²) >= 11 is 0. The van der Waals surface area contributed by atoms with Gasteiger partial charge in [0.05, 0.1) is 13.5 Å². The van der Waals surface area contributed by atoms with Crippen LogP contribution in [0, 0.1) is 0 Å². The van der Waals surface area contributed by atoms with Gasteiger partial charge in [-0.1, -0.05) is 6.92 Å². The van der Waals surface area contributed by atoms with Crippen LogP contribution in [0.2, 0.25) is 0 Å². The number of Topliss-reactive ketones (excluding diaryl/α,β-unsaturated/α-hetero) is 1. The molecule has 118 valence electrons. The van der Waals surface area contributed by atoms with Crippen molar-refractivity contribution in [2.75, 3.05) is 33.3 Å². The Labute approximate surface area is 123 Å². The van der Waals surface area contributed by atoms with Crippen LogP contribution in [0.3, 0.4) is 0 Å². The summed E-state index contributed by atoms with van der Waals surface area (Å²) in [5.41, 5.74) is 0. The fraction of sp³-hybridized carbons (Fsp3) is 0.867. The first kappa shape index (κ1) is 19.1. The summed E-state index contributed by atoms with van der Waals surface area (Å²) in [4.78, 5) is 24.6. The molecule has 0 aliphatic rings. The molecule has 5 nitrogen and oxygen atoms in total. The fourth-order valence-corrected chi connectivity index (χ4v) is 1.90. The van der Waals surface area contributed by atoms with Gasteiger partial charge in [-0.2, -0.15) is 0 Å². The van der Waals surface area contributed by atoms with Crippen LogP contribution in [-0.4, -0.2) is 56.0 Å². The third-order valence-electron chi connectivity index (χ3n) is 3.33. The highest BCUT2D eigenvalue weighted by atomic mass is 16.5. The van der Waals surface area contributed by atoms with Crippen molar-refractivity contribution in [3.8, 4) is 0 Å². The number of esters is 1. The van der Waals surface area contributed by atoms with E-state index in [1.165, 1.54) is 7.11 Å². The number of nitrogens with one attached hydrogen (secondary N) is 1. The monoisotopic (exact) mass is 286 g/mol. The average Bonchev–Trinajstić information content (AvgIpc) is 2.44. The molecule has 0 saturated heterocycles. The third-order valence-corrected chi connectivity index (χ3v) is 3.33. The van der Waals surface area contributed by atoms with Gasteiger partial charge in [0.15, 0.2) is 0 Å². The number of ketones is 1. The Morgan fingerprint density at radius 3 is 2.40 bits per heavy atom. The molecule has 0 aromatic heterocycles. The van der Waals surface area contributed by atoms with E-state index >= 15 is 0 Å². The molecule has 0 aliphatic heterocycles. The lowest BCUT2D eigenvalue weighted by atomic mass is 10.2. The number of hydrogen-bond donors (Lipinski definition) is 1. The van der Waals surface area contributed by atoms with E-state index in [0.29, 0.717) is 37.6 Å². The predicted octanol–water partition coefficient (Wildman–Crippen LogP) is 1.61. The van der Waals surface area contributed by atoms with Crippen molar-refractivity contribution in [3.05, 3.63) is 0 Å². The van der Waals surface area contributed by atoms with Crippen molar-refractivity contribution >= 4 is 11.8 Å². The molecule has 1 N–H and O–H groups in total. The van der Waals surface area contributed by atoms with E-state index in [1.54, 1.807) is 0 Å². The van der Waals surface area contributed by atoms with Crippen molar-refractivity contribution in [2.45, 2.75) is 52.5 Å². The maximum Gasteiger partial charge on any atom is 0.306 e. The van der Waals surface area contributed by atoms with Gasteiger partial charge in [-0.15, -0.1) is 0 Å². The van der Waals surface area contributed by atoms with Gasteiger partial charge in [0, 0.05) is 32.0 Å². The fourth-order valence-electron chi connectivity index (χ4n) is 1.90. The van der Waals surface area contributed by atoms with Crippen LogP contribution in [0.5, 0.6) is 0 Å². The zero-order valence-corrected chi connectivity index (χ0v) is 13.4. The van der Waals surface area contributed by atoms with Crippen LogP contribution < -0.4 is 5.32 Å². The van der Waals surface area contributed by atoms with Crippen LogP contribution >= 0.6 is 0 Å². The molecule has 0 amide bonds. The van der Waals surface area contributed by atoms with Crippen LogP contribution in [0.15, 0.2) is 0 Å². The Balaban J connectivity index is 3.70. The normalized spacial score (nSPS) is 11.1. The second-order valence-corrected chi connectivity index (χ2v) is 5.20. The van der Waals surface area contributed by atoms with E-state index < -0.39 is 0 Å². The summed E-state index contributed by atoms with van der Waals surface area (Å²) in [5.74, 6) is 0.145. The predicted molar refractivity (Wildman–Crippen MR) is 80.7 cm³/mol. The molecule has 0 fully saturated rings. The van der Waals surface area contributed by atoms with Gasteiger partial charge in [-0.25, -0.2) is 0 Å². The first-order chi connectivity index (χ1) is 9.51. The van der Waals surface area contributed by atoms with Crippen molar-refractivity contribution in [2.24, 2.45) is 0 Å². The molecule has 0 rings (SSSR count). The van der Waals surface area contributed by atoms with Crippen molar-refractivity contribution in [1.29, 1.82) is 0 Å². The number of methoxy groups -OCH3 is 1. The highest BCUT2D eigenvalue weighted by Gasteiger charge is 2.10. The summed E-state index contributed by atoms with van der Waals surface area (Å²) in [6, 6.07) is 0.453. The van der Waals surface area contributed by atoms with Gasteiger partial charge in [0.2, 0.25) is 0 Å². The van der Waals surface area contributed by atoms with Crippen molar-refractivity contribution in [3.63, 3.8) is 0 Å². The van der Waals surface area contributed by atoms with Gasteiger partial charge in [0.25, 0.3) is 0 Å². The number of hydrogen-bond acceptors (Lipinski definition) is 5. The second kappa shape index (κ2) is 11.9. The van der Waals surface area contributed by atoms with Gasteiger partial charge in [-0.3, -0.25) is 9.59 Å². The standard InChI is InChI=1S/C15H30N2O3/c1-5-14(18)8-12-17(13(2)3)11-6-9-16-10-7-15(19)20-4/h13,16H,5-12H2,1-4H3. The number of rotatable bonds is 12. The van der Waals surface area contributed by atoms with Crippen LogP contribution in [-0.2, 0) is 14.3 Å². The van der Waals surface area contributed by atoms with E-state index in [0.717, 1.165) is 26.1 Å². The maximum absolute atomic E-state index is 11.4. The van der Waals surface area contributed by atoms with E-state index in [1.807, 2.05) is 6.92 Å². The average molecular weight is 286 g/mol. The first-order valence-electron chi connectivity index (χ1n) is 7.54. The zero-order chi connectivity index (χ0) is 15.4. The van der Waals surface area contributed by atoms with E-state index in [-0.39, 0.29) is 5.97 Å². The molecule has 0 aromatic rings. The minimum atomic E-state index is -0.181. The lowest BCUT2D eigenvalue weighted by Crippen LogP contribution is -2.35. The molecule has 0 spiro atoms. The molecular formula is C15H30N2O3. The number of nitrogens with zero attached hydrogens (tertiary/aromatic N) is 1. The highest BCUT2D eigenvalue weighted by Crippen LogP contribution is 2.02. The molecule has 0 saturated carbocycles. The summed E-state index contributed by atoms with van der Waals surface area (Å²) < 4.78 is 4.57. The van der Waals surface area contributed by atoms with Crippen molar-refractivity contribution < 1.29 is 14.3 Å². The summed E-state index contributed by atoms with van der Waals surface area (Å²) in [6.07, 6.45) is 2.69. The topological polar surface area (TPSA) is 58.6 Å². The van der Waals surface area contributed by atoms with Crippen LogP contribution in [0.25, 0.3) is 0 Å². The molecule has 5 heteroatoms. The Kier molecular flexibility index (Phi) is 11.3. The SMILES string of the molecule is CCC(=O)CCN(CCCNCCC(=O)OC)C(C)C. The molecule has 0 aliphatic carbocycles. The first-order valence-corrected chi connectivity index (χ1v) is 7.54. The molecule has 20 heavy (non-hydrogen) atoms. The van der Waals surface area contributed by atoms with E-state index in [4.69, 9.17) is 0 Å². The van der Waals surface area contributed by atoms with Gasteiger partial charge in [-0.05, 0) is 33.4 Å². The third kappa shape index (κ3) is 9.92. The number of carbonyl (C=O) groups is 2. The second-order valence-electron chi connectivity index (χ2n) is 5.20. The molecule has 0 aromatic carbocycles. The van der Waals surface area contributed by atoms with Crippen LogP contribution in [0.4, 0.5) is 0 Å². The Morgan fingerprint density at radius 1 is 1.15 bits per heavy atom. The van der Waals surface area contributed by atoms with Gasteiger partial charge < -0.3 is 15.0 Å². The molecule has 0 radical (unpaired) electrons. The largest absolute Gasteiger partial charge is 0.469 e. The molecule has 0 bridgehead atoms. The Bertz CT molecular complexity index is 280. The molecule has 0 atom stereocenters. The number of carbonyl (C=O) groups excluding carboxylic acids is 2. The van der Waals surface area contributed by atoms with Gasteiger partial charge >= 0.3 is 5.97 Å². The molecular weight excluding hydrogens is 256 g/mol. The Hall–Kier alpha value is -0.940.